The van der Waals surface area contributed by atoms with Crippen LogP contribution in [0.5, 0.6) is 0 Å². The van der Waals surface area contributed by atoms with Gasteiger partial charge in [-0.15, -0.1) is 0 Å². The average molecular weight is 258 g/mol. The maximum Gasteiger partial charge on any atom is 0.178 e. The van der Waals surface area contributed by atoms with Crippen LogP contribution in [0.4, 0.5) is 0 Å². The van der Waals surface area contributed by atoms with Gasteiger partial charge in [-0.25, -0.2) is 0 Å². The average Bonchev–Trinajstić information content (AvgIpc) is 2.81. The van der Waals surface area contributed by atoms with Crippen molar-refractivity contribution in [2.45, 2.75) is 33.2 Å². The SMILES string of the molecule is CCCN(CC(=O)c1c[nH]c2ccccc12)C(C)C. The molecule has 2 aromatic rings. The minimum atomic E-state index is 0.194. The molecule has 0 aliphatic rings. The second-order valence-corrected chi connectivity index (χ2v) is 5.24. The number of para-hydroxylation sites is 1. The standard InChI is InChI=1S/C16H22N2O/c1-4-9-18(12(2)3)11-16(19)14-10-17-15-8-6-5-7-13(14)15/h5-8,10,12,17H,4,9,11H2,1-3H3. The highest BCUT2D eigenvalue weighted by Gasteiger charge is 2.17. The summed E-state index contributed by atoms with van der Waals surface area (Å²) in [4.78, 5) is 17.8. The van der Waals surface area contributed by atoms with Crippen LogP contribution in [-0.4, -0.2) is 34.8 Å². The summed E-state index contributed by atoms with van der Waals surface area (Å²) in [5.41, 5.74) is 1.83. The highest BCUT2D eigenvalue weighted by Crippen LogP contribution is 2.18. The van der Waals surface area contributed by atoms with E-state index in [1.54, 1.807) is 0 Å². The number of Topliss-reactive ketones (excluding diaryl/α,β-unsaturated/α-hetero) is 1. The van der Waals surface area contributed by atoms with E-state index in [9.17, 15) is 4.79 Å². The molecule has 0 aliphatic heterocycles. The van der Waals surface area contributed by atoms with Crippen molar-refractivity contribution in [3.8, 4) is 0 Å². The van der Waals surface area contributed by atoms with Crippen LogP contribution < -0.4 is 0 Å². The topological polar surface area (TPSA) is 36.1 Å². The van der Waals surface area contributed by atoms with Gasteiger partial charge in [0.05, 0.1) is 6.54 Å². The Kier molecular flexibility index (Phi) is 4.38. The van der Waals surface area contributed by atoms with Gasteiger partial charge in [0.2, 0.25) is 0 Å². The number of nitrogens with one attached hydrogen (secondary N) is 1. The summed E-state index contributed by atoms with van der Waals surface area (Å²) in [5.74, 6) is 0.194. The number of carbonyl (C=O) groups excluding carboxylic acids is 1. The predicted octanol–water partition coefficient (Wildman–Crippen LogP) is 3.47. The summed E-state index contributed by atoms with van der Waals surface area (Å²) < 4.78 is 0. The number of hydrogen-bond donors (Lipinski definition) is 1. The molecule has 2 rings (SSSR count). The van der Waals surface area contributed by atoms with Crippen molar-refractivity contribution in [2.24, 2.45) is 0 Å². The summed E-state index contributed by atoms with van der Waals surface area (Å²) in [7, 11) is 0. The van der Waals surface area contributed by atoms with Crippen LogP contribution in [0.25, 0.3) is 10.9 Å². The van der Waals surface area contributed by atoms with Gasteiger partial charge in [-0.05, 0) is 32.9 Å². The molecule has 1 heterocycles. The lowest BCUT2D eigenvalue weighted by Gasteiger charge is -2.24. The zero-order valence-electron chi connectivity index (χ0n) is 11.9. The van der Waals surface area contributed by atoms with E-state index in [0.717, 1.165) is 29.4 Å². The zero-order valence-corrected chi connectivity index (χ0v) is 11.9. The highest BCUT2D eigenvalue weighted by atomic mass is 16.1. The molecular weight excluding hydrogens is 236 g/mol. The van der Waals surface area contributed by atoms with E-state index in [1.807, 2.05) is 30.5 Å². The van der Waals surface area contributed by atoms with Crippen molar-refractivity contribution in [2.75, 3.05) is 13.1 Å². The van der Waals surface area contributed by atoms with E-state index in [4.69, 9.17) is 0 Å². The summed E-state index contributed by atoms with van der Waals surface area (Å²) >= 11 is 0. The van der Waals surface area contributed by atoms with Crippen molar-refractivity contribution >= 4 is 16.7 Å². The maximum atomic E-state index is 12.4. The van der Waals surface area contributed by atoms with Gasteiger partial charge in [0.15, 0.2) is 5.78 Å². The first kappa shape index (κ1) is 13.8. The molecule has 0 fully saturated rings. The van der Waals surface area contributed by atoms with Crippen LogP contribution in [0.1, 0.15) is 37.6 Å². The Morgan fingerprint density at radius 1 is 1.32 bits per heavy atom. The normalized spacial score (nSPS) is 11.6. The van der Waals surface area contributed by atoms with Crippen LogP contribution in [0.15, 0.2) is 30.5 Å². The number of fused-ring (bicyclic) bond motifs is 1. The van der Waals surface area contributed by atoms with Crippen LogP contribution in [-0.2, 0) is 0 Å². The first-order valence-electron chi connectivity index (χ1n) is 6.96. The molecule has 0 unspecified atom stereocenters. The van der Waals surface area contributed by atoms with E-state index in [2.05, 4.69) is 30.7 Å². The van der Waals surface area contributed by atoms with Crippen molar-refractivity contribution in [1.82, 2.24) is 9.88 Å². The van der Waals surface area contributed by atoms with Crippen molar-refractivity contribution in [3.05, 3.63) is 36.0 Å². The monoisotopic (exact) mass is 258 g/mol. The molecule has 0 aliphatic carbocycles. The smallest absolute Gasteiger partial charge is 0.178 e. The molecule has 0 atom stereocenters. The van der Waals surface area contributed by atoms with Gasteiger partial charge in [0, 0.05) is 28.7 Å². The van der Waals surface area contributed by atoms with Gasteiger partial charge in [-0.2, -0.15) is 0 Å². The van der Waals surface area contributed by atoms with Crippen LogP contribution in [0.2, 0.25) is 0 Å². The lowest BCUT2D eigenvalue weighted by Crippen LogP contribution is -2.36. The fourth-order valence-electron chi connectivity index (χ4n) is 2.38. The minimum absolute atomic E-state index is 0.194. The Bertz CT molecular complexity index is 557. The molecular formula is C16H22N2O. The van der Waals surface area contributed by atoms with Gasteiger partial charge >= 0.3 is 0 Å². The third-order valence-electron chi connectivity index (χ3n) is 3.48. The number of ketones is 1. The van der Waals surface area contributed by atoms with Crippen LogP contribution in [0, 0.1) is 0 Å². The molecule has 0 spiro atoms. The molecule has 1 aromatic heterocycles. The number of nitrogens with zero attached hydrogens (tertiary/aromatic N) is 1. The van der Waals surface area contributed by atoms with E-state index < -0.39 is 0 Å². The molecule has 19 heavy (non-hydrogen) atoms. The quantitative estimate of drug-likeness (QED) is 0.805. The first-order valence-corrected chi connectivity index (χ1v) is 6.96. The number of H-pyrrole nitrogens is 1. The number of benzene rings is 1. The van der Waals surface area contributed by atoms with Crippen LogP contribution >= 0.6 is 0 Å². The molecule has 0 saturated heterocycles. The molecule has 0 radical (unpaired) electrons. The minimum Gasteiger partial charge on any atom is -0.360 e. The number of rotatable bonds is 6. The third kappa shape index (κ3) is 3.04. The largest absolute Gasteiger partial charge is 0.360 e. The van der Waals surface area contributed by atoms with Crippen molar-refractivity contribution in [1.29, 1.82) is 0 Å². The third-order valence-corrected chi connectivity index (χ3v) is 3.48. The molecule has 1 N–H and O–H groups in total. The fourth-order valence-corrected chi connectivity index (χ4v) is 2.38. The highest BCUT2D eigenvalue weighted by molar-refractivity contribution is 6.08. The Balaban J connectivity index is 2.19. The Morgan fingerprint density at radius 2 is 2.05 bits per heavy atom. The molecule has 0 saturated carbocycles. The Morgan fingerprint density at radius 3 is 2.74 bits per heavy atom. The molecule has 3 nitrogen and oxygen atoms in total. The maximum absolute atomic E-state index is 12.4. The number of hydrogen-bond acceptors (Lipinski definition) is 2. The predicted molar refractivity (Wildman–Crippen MR) is 79.6 cm³/mol. The zero-order chi connectivity index (χ0) is 13.8. The van der Waals surface area contributed by atoms with Gasteiger partial charge < -0.3 is 4.98 Å². The summed E-state index contributed by atoms with van der Waals surface area (Å²) in [6, 6.07) is 8.34. The first-order chi connectivity index (χ1) is 9.13. The molecule has 102 valence electrons. The fraction of sp³-hybridized carbons (Fsp3) is 0.438. The molecule has 0 bridgehead atoms. The Hall–Kier alpha value is -1.61. The van der Waals surface area contributed by atoms with E-state index >= 15 is 0 Å². The number of carbonyl (C=O) groups is 1. The van der Waals surface area contributed by atoms with Crippen molar-refractivity contribution < 1.29 is 4.79 Å². The molecule has 3 heteroatoms. The Labute approximate surface area is 114 Å². The number of aromatic amines is 1. The second-order valence-electron chi connectivity index (χ2n) is 5.24. The van der Waals surface area contributed by atoms with Crippen molar-refractivity contribution in [3.63, 3.8) is 0 Å². The van der Waals surface area contributed by atoms with Crippen LogP contribution in [0.3, 0.4) is 0 Å². The summed E-state index contributed by atoms with van der Waals surface area (Å²) in [5, 5.41) is 1.02. The molecule has 1 aromatic carbocycles. The van der Waals surface area contributed by atoms with E-state index in [-0.39, 0.29) is 5.78 Å². The number of aromatic nitrogens is 1. The summed E-state index contributed by atoms with van der Waals surface area (Å²) in [6.45, 7) is 7.88. The lowest BCUT2D eigenvalue weighted by atomic mass is 10.1. The van der Waals surface area contributed by atoms with Gasteiger partial charge in [-0.1, -0.05) is 25.1 Å². The van der Waals surface area contributed by atoms with Gasteiger partial charge in [0.25, 0.3) is 0 Å². The second kappa shape index (κ2) is 6.02. The van der Waals surface area contributed by atoms with Gasteiger partial charge in [0.1, 0.15) is 0 Å². The van der Waals surface area contributed by atoms with E-state index in [0.29, 0.717) is 12.6 Å². The molecule has 0 amide bonds. The summed E-state index contributed by atoms with van der Waals surface area (Å²) in [6.07, 6.45) is 2.90. The van der Waals surface area contributed by atoms with E-state index in [1.165, 1.54) is 0 Å². The lowest BCUT2D eigenvalue weighted by molar-refractivity contribution is 0.0907. The van der Waals surface area contributed by atoms with Gasteiger partial charge in [-0.3, -0.25) is 9.69 Å².